The molecule has 0 fully saturated rings. The number of thiophene rings is 1. The standard InChI is InChI=1S/C25H25N3O3S/c1-25(2)15-18-19(16-31-25)32-23-21(18)22(29)28(20-12-6-7-13-26-20)24(30)27(23)14-8-11-17-9-4-3-5-10-17/h3-7,9-10,12-13H,8,11,14-16H2,1-2H3. The number of ether oxygens (including phenoxy) is 1. The highest BCUT2D eigenvalue weighted by molar-refractivity contribution is 7.18. The SMILES string of the molecule is CC1(C)Cc2c(sc3c2c(=O)n(-c2ccccn2)c(=O)n3CCCc2ccccc2)CO1. The largest absolute Gasteiger partial charge is 0.370 e. The van der Waals surface area contributed by atoms with Gasteiger partial charge in [-0.3, -0.25) is 9.36 Å². The first-order valence-corrected chi connectivity index (χ1v) is 11.7. The van der Waals surface area contributed by atoms with E-state index in [9.17, 15) is 9.59 Å². The Morgan fingerprint density at radius 2 is 1.88 bits per heavy atom. The molecule has 6 nitrogen and oxygen atoms in total. The summed E-state index contributed by atoms with van der Waals surface area (Å²) in [6.07, 6.45) is 3.90. The first kappa shape index (κ1) is 20.8. The van der Waals surface area contributed by atoms with Crippen LogP contribution in [0.25, 0.3) is 16.0 Å². The van der Waals surface area contributed by atoms with E-state index in [1.54, 1.807) is 29.0 Å². The van der Waals surface area contributed by atoms with Crippen molar-refractivity contribution in [1.82, 2.24) is 14.1 Å². The molecule has 5 rings (SSSR count). The molecule has 0 spiro atoms. The molecule has 1 aliphatic heterocycles. The van der Waals surface area contributed by atoms with Crippen LogP contribution in [0.15, 0.2) is 64.3 Å². The highest BCUT2D eigenvalue weighted by Gasteiger charge is 2.32. The molecule has 0 saturated carbocycles. The predicted octanol–water partition coefficient (Wildman–Crippen LogP) is 4.09. The van der Waals surface area contributed by atoms with Gasteiger partial charge in [-0.05, 0) is 49.9 Å². The van der Waals surface area contributed by atoms with Gasteiger partial charge in [0.1, 0.15) is 10.6 Å². The molecule has 32 heavy (non-hydrogen) atoms. The van der Waals surface area contributed by atoms with Crippen molar-refractivity contribution in [2.24, 2.45) is 0 Å². The van der Waals surface area contributed by atoms with Crippen LogP contribution in [-0.2, 0) is 30.7 Å². The fourth-order valence-electron chi connectivity index (χ4n) is 4.33. The second-order valence-electron chi connectivity index (χ2n) is 8.76. The van der Waals surface area contributed by atoms with Gasteiger partial charge >= 0.3 is 5.69 Å². The monoisotopic (exact) mass is 447 g/mol. The normalized spacial score (nSPS) is 15.1. The zero-order chi connectivity index (χ0) is 22.3. The molecule has 0 N–H and O–H groups in total. The van der Waals surface area contributed by atoms with Crippen molar-refractivity contribution in [3.8, 4) is 5.82 Å². The third-order valence-electron chi connectivity index (χ3n) is 5.92. The van der Waals surface area contributed by atoms with Crippen LogP contribution in [0.1, 0.15) is 36.3 Å². The Morgan fingerprint density at radius 1 is 1.09 bits per heavy atom. The van der Waals surface area contributed by atoms with Gasteiger partial charge in [0.2, 0.25) is 0 Å². The topological polar surface area (TPSA) is 66.1 Å². The van der Waals surface area contributed by atoms with Crippen LogP contribution >= 0.6 is 11.3 Å². The van der Waals surface area contributed by atoms with Gasteiger partial charge in [-0.25, -0.2) is 14.3 Å². The average Bonchev–Trinajstić information content (AvgIpc) is 3.15. The number of pyridine rings is 1. The van der Waals surface area contributed by atoms with Crippen molar-refractivity contribution < 1.29 is 4.74 Å². The number of nitrogens with zero attached hydrogens (tertiary/aromatic N) is 3. The van der Waals surface area contributed by atoms with Crippen molar-refractivity contribution in [3.05, 3.63) is 91.6 Å². The number of aryl methyl sites for hydroxylation is 2. The minimum atomic E-state index is -0.350. The van der Waals surface area contributed by atoms with E-state index >= 15 is 0 Å². The summed E-state index contributed by atoms with van der Waals surface area (Å²) in [5, 5.41) is 0.631. The number of aromatic nitrogens is 3. The molecule has 7 heteroatoms. The molecule has 0 unspecified atom stereocenters. The van der Waals surface area contributed by atoms with E-state index < -0.39 is 0 Å². The van der Waals surface area contributed by atoms with Gasteiger partial charge in [0.25, 0.3) is 5.56 Å². The lowest BCUT2D eigenvalue weighted by Gasteiger charge is -2.29. The highest BCUT2D eigenvalue weighted by atomic mass is 32.1. The van der Waals surface area contributed by atoms with Crippen molar-refractivity contribution in [3.63, 3.8) is 0 Å². The van der Waals surface area contributed by atoms with Crippen molar-refractivity contribution >= 4 is 21.6 Å². The average molecular weight is 448 g/mol. The van der Waals surface area contributed by atoms with E-state index in [0.29, 0.717) is 30.8 Å². The Kier molecular flexibility index (Phi) is 5.31. The lowest BCUT2D eigenvalue weighted by Crippen LogP contribution is -2.40. The molecule has 0 bridgehead atoms. The summed E-state index contributed by atoms with van der Waals surface area (Å²) in [5.41, 5.74) is 1.26. The van der Waals surface area contributed by atoms with E-state index in [4.69, 9.17) is 4.74 Å². The molecule has 4 aromatic rings. The van der Waals surface area contributed by atoms with Gasteiger partial charge in [-0.15, -0.1) is 11.3 Å². The molecule has 0 amide bonds. The van der Waals surface area contributed by atoms with E-state index in [-0.39, 0.29) is 16.9 Å². The van der Waals surface area contributed by atoms with E-state index in [1.165, 1.54) is 21.5 Å². The van der Waals surface area contributed by atoms with Crippen molar-refractivity contribution in [2.75, 3.05) is 0 Å². The van der Waals surface area contributed by atoms with Crippen LogP contribution < -0.4 is 11.2 Å². The minimum Gasteiger partial charge on any atom is -0.370 e. The Hall–Kier alpha value is -3.03. The van der Waals surface area contributed by atoms with Crippen LogP contribution in [0, 0.1) is 0 Å². The molecule has 0 atom stereocenters. The van der Waals surface area contributed by atoms with Gasteiger partial charge in [-0.1, -0.05) is 36.4 Å². The van der Waals surface area contributed by atoms with Gasteiger partial charge in [0.05, 0.1) is 17.6 Å². The van der Waals surface area contributed by atoms with Gasteiger partial charge < -0.3 is 4.74 Å². The van der Waals surface area contributed by atoms with E-state index in [0.717, 1.165) is 28.1 Å². The first-order valence-electron chi connectivity index (χ1n) is 10.8. The van der Waals surface area contributed by atoms with Crippen LogP contribution in [0.3, 0.4) is 0 Å². The molecule has 1 aliphatic rings. The van der Waals surface area contributed by atoms with Gasteiger partial charge in [0, 0.05) is 24.0 Å². The summed E-state index contributed by atoms with van der Waals surface area (Å²) in [4.78, 5) is 33.2. The number of rotatable bonds is 5. The Labute approximate surface area is 189 Å². The molecule has 0 saturated heterocycles. The summed E-state index contributed by atoms with van der Waals surface area (Å²) in [6, 6.07) is 15.5. The number of fused-ring (bicyclic) bond motifs is 3. The lowest BCUT2D eigenvalue weighted by atomic mass is 9.94. The highest BCUT2D eigenvalue weighted by Crippen LogP contribution is 2.37. The maximum atomic E-state index is 13.6. The third kappa shape index (κ3) is 3.72. The number of hydrogen-bond acceptors (Lipinski definition) is 5. The summed E-state index contributed by atoms with van der Waals surface area (Å²) >= 11 is 1.51. The number of benzene rings is 1. The maximum Gasteiger partial charge on any atom is 0.337 e. The van der Waals surface area contributed by atoms with Crippen LogP contribution in [0.5, 0.6) is 0 Å². The fraction of sp³-hybridized carbons (Fsp3) is 0.320. The molecular formula is C25H25N3O3S. The fourth-order valence-corrected chi connectivity index (χ4v) is 5.57. The van der Waals surface area contributed by atoms with Crippen LogP contribution in [0.4, 0.5) is 0 Å². The first-order chi connectivity index (χ1) is 15.4. The summed E-state index contributed by atoms with van der Waals surface area (Å²) in [5.74, 6) is 0.354. The number of hydrogen-bond donors (Lipinski definition) is 0. The summed E-state index contributed by atoms with van der Waals surface area (Å²) in [6.45, 7) is 5.06. The van der Waals surface area contributed by atoms with E-state index in [1.807, 2.05) is 32.0 Å². The van der Waals surface area contributed by atoms with Gasteiger partial charge in [-0.2, -0.15) is 0 Å². The Morgan fingerprint density at radius 3 is 2.62 bits per heavy atom. The molecule has 0 radical (unpaired) electrons. The summed E-state index contributed by atoms with van der Waals surface area (Å²) < 4.78 is 8.96. The maximum absolute atomic E-state index is 13.6. The predicted molar refractivity (Wildman–Crippen MR) is 127 cm³/mol. The zero-order valence-electron chi connectivity index (χ0n) is 18.2. The molecule has 1 aromatic carbocycles. The quantitative estimate of drug-likeness (QED) is 0.462. The van der Waals surface area contributed by atoms with Crippen molar-refractivity contribution in [1.29, 1.82) is 0 Å². The Balaban J connectivity index is 1.67. The molecule has 3 aromatic heterocycles. The second-order valence-corrected chi connectivity index (χ2v) is 9.84. The molecule has 164 valence electrons. The third-order valence-corrected chi connectivity index (χ3v) is 7.15. The van der Waals surface area contributed by atoms with Gasteiger partial charge in [0.15, 0.2) is 0 Å². The second kappa shape index (κ2) is 8.15. The molecule has 0 aliphatic carbocycles. The van der Waals surface area contributed by atoms with Crippen molar-refractivity contribution in [2.45, 2.75) is 51.9 Å². The van der Waals surface area contributed by atoms with Crippen LogP contribution in [0.2, 0.25) is 0 Å². The van der Waals surface area contributed by atoms with E-state index in [2.05, 4.69) is 17.1 Å². The van der Waals surface area contributed by atoms with Crippen LogP contribution in [-0.4, -0.2) is 19.7 Å². The lowest BCUT2D eigenvalue weighted by molar-refractivity contribution is -0.0379. The summed E-state index contributed by atoms with van der Waals surface area (Å²) in [7, 11) is 0. The zero-order valence-corrected chi connectivity index (χ0v) is 19.0. The smallest absolute Gasteiger partial charge is 0.337 e. The Bertz CT molecular complexity index is 1390. The molecular weight excluding hydrogens is 422 g/mol. The minimum absolute atomic E-state index is 0.293. The molecule has 4 heterocycles.